The van der Waals surface area contributed by atoms with E-state index in [9.17, 15) is 14.7 Å². The third-order valence-corrected chi connectivity index (χ3v) is 9.92. The minimum absolute atomic E-state index is 0.0478. The summed E-state index contributed by atoms with van der Waals surface area (Å²) >= 11 is 14.3. The van der Waals surface area contributed by atoms with Crippen LogP contribution in [0, 0.1) is 5.92 Å². The van der Waals surface area contributed by atoms with Crippen molar-refractivity contribution < 1.29 is 14.7 Å². The van der Waals surface area contributed by atoms with Crippen LogP contribution in [0.5, 0.6) is 0 Å². The maximum absolute atomic E-state index is 14.3. The number of carbonyl (C=O) groups excluding carboxylic acids is 1. The summed E-state index contributed by atoms with van der Waals surface area (Å²) in [5.41, 5.74) is 2.24. The molecule has 2 fully saturated rings. The Bertz CT molecular complexity index is 1630. The minimum atomic E-state index is -0.990. The second kappa shape index (κ2) is 8.55. The number of aromatic carboxylic acids is 1. The summed E-state index contributed by atoms with van der Waals surface area (Å²) in [4.78, 5) is 37.6. The molecule has 4 atom stereocenters. The lowest BCUT2D eigenvalue weighted by Gasteiger charge is -2.39. The lowest BCUT2D eigenvalue weighted by Crippen LogP contribution is -2.52. The van der Waals surface area contributed by atoms with E-state index in [0.29, 0.717) is 26.3 Å². The molecule has 4 heterocycles. The zero-order valence-corrected chi connectivity index (χ0v) is 22.7. The molecular formula is C28H24Cl2N4O3S. The van der Waals surface area contributed by atoms with E-state index in [1.165, 1.54) is 11.3 Å². The highest BCUT2D eigenvalue weighted by atomic mass is 35.5. The van der Waals surface area contributed by atoms with Crippen molar-refractivity contribution in [3.8, 4) is 0 Å². The van der Waals surface area contributed by atoms with Crippen LogP contribution in [0.25, 0.3) is 11.0 Å². The van der Waals surface area contributed by atoms with Gasteiger partial charge in [0.15, 0.2) is 0 Å². The Morgan fingerprint density at radius 3 is 2.71 bits per heavy atom. The first-order valence-corrected chi connectivity index (χ1v) is 14.2. The molecule has 1 amide bonds. The van der Waals surface area contributed by atoms with E-state index in [4.69, 9.17) is 28.2 Å². The molecule has 1 aliphatic carbocycles. The summed E-state index contributed by atoms with van der Waals surface area (Å²) in [5, 5.41) is 13.2. The van der Waals surface area contributed by atoms with Crippen molar-refractivity contribution in [2.75, 3.05) is 11.9 Å². The van der Waals surface area contributed by atoms with Gasteiger partial charge in [0.1, 0.15) is 11.4 Å². The summed E-state index contributed by atoms with van der Waals surface area (Å²) in [6, 6.07) is 14.4. The molecule has 4 aromatic rings. The van der Waals surface area contributed by atoms with Gasteiger partial charge in [-0.1, -0.05) is 29.3 Å². The highest BCUT2D eigenvalue weighted by molar-refractivity contribution is 7.16. The average Bonchev–Trinajstić information content (AvgIpc) is 3.20. The molecule has 7 rings (SSSR count). The number of rotatable bonds is 5. The van der Waals surface area contributed by atoms with Gasteiger partial charge in [0, 0.05) is 45.6 Å². The number of H-pyrrole nitrogens is 1. The summed E-state index contributed by atoms with van der Waals surface area (Å²) in [6.07, 6.45) is 2.30. The van der Waals surface area contributed by atoms with E-state index < -0.39 is 11.5 Å². The molecule has 38 heavy (non-hydrogen) atoms. The zero-order chi connectivity index (χ0) is 26.3. The van der Waals surface area contributed by atoms with Crippen molar-refractivity contribution >= 4 is 63.1 Å². The van der Waals surface area contributed by atoms with Crippen LogP contribution in [0.1, 0.15) is 58.2 Å². The summed E-state index contributed by atoms with van der Waals surface area (Å²) < 4.78 is 0.660. The summed E-state index contributed by atoms with van der Waals surface area (Å²) in [7, 11) is 0. The third kappa shape index (κ3) is 3.47. The fourth-order valence-corrected chi connectivity index (χ4v) is 8.04. The number of nitrogens with one attached hydrogen (secondary N) is 2. The highest BCUT2D eigenvalue weighted by Gasteiger charge is 2.67. The number of hydrogen-bond acceptors (Lipinski definition) is 5. The molecule has 1 saturated carbocycles. The molecule has 1 saturated heterocycles. The molecule has 3 aliphatic rings. The molecule has 10 heteroatoms. The second-order valence-corrected chi connectivity index (χ2v) is 12.7. The summed E-state index contributed by atoms with van der Waals surface area (Å²) in [6.45, 7) is 2.97. The van der Waals surface area contributed by atoms with E-state index in [0.717, 1.165) is 41.3 Å². The SMILES string of the molecule is C[C@H]1[C@@H](c2nc3ccc(C(=O)O)cc3[nH]2)[C@H](c2ccc(Cl)s2)[C@]2(C(=O)Nc3cc(Cl)ccc32)N1CC1CC1. The number of thiophene rings is 1. The number of carboxylic acids is 1. The molecule has 3 N–H and O–H groups in total. The van der Waals surface area contributed by atoms with Gasteiger partial charge in [0.25, 0.3) is 0 Å². The van der Waals surface area contributed by atoms with Crippen LogP contribution in [-0.4, -0.2) is 44.4 Å². The molecule has 0 bridgehead atoms. The fourth-order valence-electron chi connectivity index (χ4n) is 6.59. The van der Waals surface area contributed by atoms with Crippen LogP contribution >= 0.6 is 34.5 Å². The lowest BCUT2D eigenvalue weighted by molar-refractivity contribution is -0.127. The number of aromatic amines is 1. The van der Waals surface area contributed by atoms with Crippen LogP contribution in [-0.2, 0) is 10.3 Å². The maximum Gasteiger partial charge on any atom is 0.335 e. The normalized spacial score (nSPS) is 26.8. The monoisotopic (exact) mass is 566 g/mol. The topological polar surface area (TPSA) is 98.3 Å². The van der Waals surface area contributed by atoms with Crippen molar-refractivity contribution in [2.45, 2.75) is 43.2 Å². The van der Waals surface area contributed by atoms with Gasteiger partial charge < -0.3 is 15.4 Å². The van der Waals surface area contributed by atoms with Crippen molar-refractivity contribution in [1.29, 1.82) is 0 Å². The Morgan fingerprint density at radius 1 is 1.18 bits per heavy atom. The van der Waals surface area contributed by atoms with Gasteiger partial charge in [-0.05, 0) is 68.1 Å². The maximum atomic E-state index is 14.3. The number of hydrogen-bond donors (Lipinski definition) is 3. The molecule has 2 aromatic heterocycles. The number of carboxylic acid groups (broad SMARTS) is 1. The van der Waals surface area contributed by atoms with E-state index >= 15 is 0 Å². The van der Waals surface area contributed by atoms with Crippen molar-refractivity contribution in [3.05, 3.63) is 79.7 Å². The smallest absolute Gasteiger partial charge is 0.335 e. The highest BCUT2D eigenvalue weighted by Crippen LogP contribution is 2.63. The molecule has 194 valence electrons. The Hall–Kier alpha value is -2.91. The van der Waals surface area contributed by atoms with Gasteiger partial charge in [-0.2, -0.15) is 0 Å². The number of likely N-dealkylation sites (tertiary alicyclic amines) is 1. The van der Waals surface area contributed by atoms with E-state index in [1.807, 2.05) is 30.3 Å². The predicted molar refractivity (Wildman–Crippen MR) is 149 cm³/mol. The third-order valence-electron chi connectivity index (χ3n) is 8.38. The average molecular weight is 567 g/mol. The number of nitrogens with zero attached hydrogens (tertiary/aromatic N) is 2. The first-order valence-electron chi connectivity index (χ1n) is 12.6. The Morgan fingerprint density at radius 2 is 2.00 bits per heavy atom. The van der Waals surface area contributed by atoms with E-state index in [1.54, 1.807) is 18.2 Å². The van der Waals surface area contributed by atoms with Crippen LogP contribution in [0.2, 0.25) is 9.36 Å². The zero-order valence-electron chi connectivity index (χ0n) is 20.4. The molecular weight excluding hydrogens is 543 g/mol. The van der Waals surface area contributed by atoms with Crippen LogP contribution < -0.4 is 5.32 Å². The van der Waals surface area contributed by atoms with Gasteiger partial charge in [0.2, 0.25) is 5.91 Å². The van der Waals surface area contributed by atoms with Gasteiger partial charge in [-0.3, -0.25) is 9.69 Å². The van der Waals surface area contributed by atoms with Crippen molar-refractivity contribution in [3.63, 3.8) is 0 Å². The molecule has 2 aromatic carbocycles. The molecule has 0 unspecified atom stereocenters. The summed E-state index contributed by atoms with van der Waals surface area (Å²) in [5.74, 6) is -0.248. The van der Waals surface area contributed by atoms with Gasteiger partial charge in [0.05, 0.1) is 20.9 Å². The van der Waals surface area contributed by atoms with Crippen LogP contribution in [0.3, 0.4) is 0 Å². The Kier molecular flexibility index (Phi) is 5.43. The fraction of sp³-hybridized carbons (Fsp3) is 0.321. The number of imidazole rings is 1. The number of amides is 1. The number of aromatic nitrogens is 2. The van der Waals surface area contributed by atoms with E-state index in [2.05, 4.69) is 22.1 Å². The largest absolute Gasteiger partial charge is 0.478 e. The molecule has 2 aliphatic heterocycles. The Balaban J connectivity index is 1.47. The van der Waals surface area contributed by atoms with Crippen molar-refractivity contribution in [1.82, 2.24) is 14.9 Å². The number of carbonyl (C=O) groups is 2. The lowest BCUT2D eigenvalue weighted by atomic mass is 9.74. The predicted octanol–water partition coefficient (Wildman–Crippen LogP) is 6.46. The number of anilines is 1. The Labute approximate surface area is 232 Å². The molecule has 1 spiro atoms. The minimum Gasteiger partial charge on any atom is -0.478 e. The van der Waals surface area contributed by atoms with Gasteiger partial charge in [-0.15, -0.1) is 11.3 Å². The van der Waals surface area contributed by atoms with Crippen LogP contribution in [0.15, 0.2) is 48.5 Å². The van der Waals surface area contributed by atoms with Gasteiger partial charge in [-0.25, -0.2) is 9.78 Å². The van der Waals surface area contributed by atoms with Gasteiger partial charge >= 0.3 is 5.97 Å². The first kappa shape index (κ1) is 24.2. The number of fused-ring (bicyclic) bond motifs is 3. The first-order chi connectivity index (χ1) is 18.3. The number of halogens is 2. The molecule has 0 radical (unpaired) electrons. The number of benzene rings is 2. The van der Waals surface area contributed by atoms with Crippen LogP contribution in [0.4, 0.5) is 5.69 Å². The molecule has 7 nitrogen and oxygen atoms in total. The quantitative estimate of drug-likeness (QED) is 0.257. The van der Waals surface area contributed by atoms with E-state index in [-0.39, 0.29) is 29.3 Å². The van der Waals surface area contributed by atoms with Crippen molar-refractivity contribution in [2.24, 2.45) is 5.92 Å². The second-order valence-electron chi connectivity index (χ2n) is 10.6. The standard InChI is InChI=1S/C28H24Cl2N4O3S/c1-13-23(25-31-18-7-4-15(26(35)36)10-20(18)32-25)24(21-8-9-22(30)38-21)28(34(13)12-14-2-3-14)17-6-5-16(29)11-19(17)33-27(28)37/h4-11,13-14,23-24H,2-3,12H2,1H3,(H,31,32)(H,33,37)(H,35,36)/t13-,23+,24-,28+/m0/s1.